The molecular formula is C23H24N2O3. The van der Waals surface area contributed by atoms with Gasteiger partial charge < -0.3 is 14.6 Å². The molecule has 0 bridgehead atoms. The molecule has 5 heteroatoms. The summed E-state index contributed by atoms with van der Waals surface area (Å²) in [5.41, 5.74) is 2.51. The third-order valence-corrected chi connectivity index (χ3v) is 4.61. The minimum atomic E-state index is -0.861. The van der Waals surface area contributed by atoms with Crippen LogP contribution in [0.15, 0.2) is 79.1 Å². The molecule has 0 fully saturated rings. The predicted octanol–water partition coefficient (Wildman–Crippen LogP) is 3.94. The molecule has 0 aliphatic carbocycles. The molecule has 0 radical (unpaired) electrons. The van der Waals surface area contributed by atoms with Gasteiger partial charge in [-0.05, 0) is 54.8 Å². The molecule has 1 amide bonds. The number of benzene rings is 2. The molecule has 1 heterocycles. The van der Waals surface area contributed by atoms with E-state index in [1.54, 1.807) is 19.1 Å². The van der Waals surface area contributed by atoms with Gasteiger partial charge in [0.1, 0.15) is 0 Å². The largest absolute Gasteiger partial charge is 0.449 e. The van der Waals surface area contributed by atoms with E-state index in [4.69, 9.17) is 4.74 Å². The highest BCUT2D eigenvalue weighted by molar-refractivity contribution is 5.92. The minimum absolute atomic E-state index is 0.175. The molecule has 1 aromatic heterocycles. The molecule has 0 spiro atoms. The Hall–Kier alpha value is -3.34. The molecule has 0 saturated carbocycles. The van der Waals surface area contributed by atoms with E-state index in [0.29, 0.717) is 12.1 Å². The van der Waals surface area contributed by atoms with Crippen LogP contribution in [0, 0.1) is 0 Å². The fraction of sp³-hybridized carbons (Fsp3) is 0.217. The zero-order valence-corrected chi connectivity index (χ0v) is 16.0. The zero-order valence-electron chi connectivity index (χ0n) is 16.0. The van der Waals surface area contributed by atoms with Crippen LogP contribution in [0.2, 0.25) is 0 Å². The average molecular weight is 376 g/mol. The lowest BCUT2D eigenvalue weighted by atomic mass is 10.0. The lowest BCUT2D eigenvalue weighted by Gasteiger charge is -2.17. The number of aromatic nitrogens is 1. The van der Waals surface area contributed by atoms with Crippen LogP contribution < -0.4 is 5.32 Å². The summed E-state index contributed by atoms with van der Waals surface area (Å²) in [5, 5.41) is 2.85. The fourth-order valence-corrected chi connectivity index (χ4v) is 2.86. The van der Waals surface area contributed by atoms with Gasteiger partial charge in [0.15, 0.2) is 6.10 Å². The molecule has 5 nitrogen and oxygen atoms in total. The number of amides is 1. The van der Waals surface area contributed by atoms with Crippen molar-refractivity contribution in [1.29, 1.82) is 0 Å². The van der Waals surface area contributed by atoms with Gasteiger partial charge in [0.05, 0.1) is 5.56 Å². The van der Waals surface area contributed by atoms with Gasteiger partial charge in [0, 0.05) is 24.6 Å². The summed E-state index contributed by atoms with van der Waals surface area (Å²) >= 11 is 0. The Morgan fingerprint density at radius 2 is 1.57 bits per heavy atom. The number of ether oxygens (including phenoxy) is 1. The van der Waals surface area contributed by atoms with Crippen LogP contribution >= 0.6 is 0 Å². The molecule has 3 aromatic rings. The van der Waals surface area contributed by atoms with Crippen molar-refractivity contribution >= 4 is 11.9 Å². The van der Waals surface area contributed by atoms with Gasteiger partial charge in [0.25, 0.3) is 5.91 Å². The summed E-state index contributed by atoms with van der Waals surface area (Å²) in [6.07, 6.45) is 2.99. The number of nitrogens with one attached hydrogen (secondary N) is 1. The van der Waals surface area contributed by atoms with E-state index in [2.05, 4.69) is 5.32 Å². The first-order chi connectivity index (χ1) is 13.5. The molecule has 28 heavy (non-hydrogen) atoms. The molecule has 0 unspecified atom stereocenters. The normalized spacial score (nSPS) is 12.8. The second-order valence-corrected chi connectivity index (χ2v) is 6.74. The average Bonchev–Trinajstić information content (AvgIpc) is 3.27. The molecule has 3 rings (SSSR count). The van der Waals surface area contributed by atoms with Gasteiger partial charge in [0.2, 0.25) is 0 Å². The van der Waals surface area contributed by atoms with Crippen molar-refractivity contribution in [2.24, 2.45) is 0 Å². The Balaban J connectivity index is 1.51. The lowest BCUT2D eigenvalue weighted by molar-refractivity contribution is -0.129. The Morgan fingerprint density at radius 3 is 2.21 bits per heavy atom. The minimum Gasteiger partial charge on any atom is -0.449 e. The molecule has 2 aromatic carbocycles. The van der Waals surface area contributed by atoms with E-state index in [1.165, 1.54) is 0 Å². The number of rotatable bonds is 7. The maximum Gasteiger partial charge on any atom is 0.338 e. The predicted molar refractivity (Wildman–Crippen MR) is 109 cm³/mol. The third-order valence-electron chi connectivity index (χ3n) is 4.61. The van der Waals surface area contributed by atoms with E-state index >= 15 is 0 Å². The standard InChI is InChI=1S/C23H24N2O3/c1-17(19-8-4-3-5-9-19)16-24-22(26)18(2)28-23(27)20-10-12-21(13-11-20)25-14-6-7-15-25/h3-15,17-18H,16H2,1-2H3,(H,24,26)/t17-,18-/m0/s1. The van der Waals surface area contributed by atoms with E-state index < -0.39 is 12.1 Å². The highest BCUT2D eigenvalue weighted by atomic mass is 16.5. The first kappa shape index (κ1) is 19.4. The van der Waals surface area contributed by atoms with E-state index in [-0.39, 0.29) is 11.8 Å². The Morgan fingerprint density at radius 1 is 0.929 bits per heavy atom. The molecule has 1 N–H and O–H groups in total. The first-order valence-corrected chi connectivity index (χ1v) is 9.31. The summed E-state index contributed by atoms with van der Waals surface area (Å²) in [6, 6.07) is 20.9. The van der Waals surface area contributed by atoms with Crippen LogP contribution in [0.5, 0.6) is 0 Å². The van der Waals surface area contributed by atoms with Crippen LogP contribution in [0.4, 0.5) is 0 Å². The highest BCUT2D eigenvalue weighted by Crippen LogP contribution is 2.14. The lowest BCUT2D eigenvalue weighted by Crippen LogP contribution is -2.37. The van der Waals surface area contributed by atoms with Crippen LogP contribution in [-0.2, 0) is 9.53 Å². The topological polar surface area (TPSA) is 60.3 Å². The summed E-state index contributed by atoms with van der Waals surface area (Å²) in [4.78, 5) is 24.6. The summed E-state index contributed by atoms with van der Waals surface area (Å²) in [5.74, 6) is -0.646. The van der Waals surface area contributed by atoms with Crippen LogP contribution in [0.3, 0.4) is 0 Å². The van der Waals surface area contributed by atoms with Crippen molar-refractivity contribution in [2.45, 2.75) is 25.9 Å². The monoisotopic (exact) mass is 376 g/mol. The van der Waals surface area contributed by atoms with Crippen molar-refractivity contribution < 1.29 is 14.3 Å². The summed E-state index contributed by atoms with van der Waals surface area (Å²) in [6.45, 7) is 4.10. The smallest absolute Gasteiger partial charge is 0.338 e. The molecule has 0 aliphatic heterocycles. The quantitative estimate of drug-likeness (QED) is 0.635. The third kappa shape index (κ3) is 4.88. The van der Waals surface area contributed by atoms with E-state index in [1.807, 2.05) is 78.5 Å². The SMILES string of the molecule is C[C@H](OC(=O)c1ccc(-n2cccc2)cc1)C(=O)NC[C@H](C)c1ccccc1. The number of carbonyl (C=O) groups is 2. The van der Waals surface area contributed by atoms with Crippen molar-refractivity contribution in [1.82, 2.24) is 9.88 Å². The summed E-state index contributed by atoms with van der Waals surface area (Å²) < 4.78 is 7.25. The van der Waals surface area contributed by atoms with Crippen LogP contribution in [-0.4, -0.2) is 29.1 Å². The van der Waals surface area contributed by atoms with Crippen LogP contribution in [0.25, 0.3) is 5.69 Å². The van der Waals surface area contributed by atoms with Crippen molar-refractivity contribution in [2.75, 3.05) is 6.54 Å². The first-order valence-electron chi connectivity index (χ1n) is 9.31. The van der Waals surface area contributed by atoms with Crippen LogP contribution in [0.1, 0.15) is 35.7 Å². The Bertz CT molecular complexity index is 903. The molecule has 0 aliphatic rings. The van der Waals surface area contributed by atoms with Crippen molar-refractivity contribution in [3.8, 4) is 5.69 Å². The number of hydrogen-bond donors (Lipinski definition) is 1. The highest BCUT2D eigenvalue weighted by Gasteiger charge is 2.19. The number of carbonyl (C=O) groups excluding carboxylic acids is 2. The van der Waals surface area contributed by atoms with Gasteiger partial charge in [-0.25, -0.2) is 4.79 Å². The summed E-state index contributed by atoms with van der Waals surface area (Å²) in [7, 11) is 0. The molecule has 2 atom stereocenters. The fourth-order valence-electron chi connectivity index (χ4n) is 2.86. The van der Waals surface area contributed by atoms with Crippen molar-refractivity contribution in [3.63, 3.8) is 0 Å². The maximum atomic E-state index is 12.3. The number of hydrogen-bond acceptors (Lipinski definition) is 3. The molecule has 144 valence electrons. The van der Waals surface area contributed by atoms with E-state index in [9.17, 15) is 9.59 Å². The number of esters is 1. The Labute approximate surface area is 165 Å². The van der Waals surface area contributed by atoms with Gasteiger partial charge >= 0.3 is 5.97 Å². The zero-order chi connectivity index (χ0) is 19.9. The second-order valence-electron chi connectivity index (χ2n) is 6.74. The number of nitrogens with zero attached hydrogens (tertiary/aromatic N) is 1. The molecular weight excluding hydrogens is 352 g/mol. The molecule has 0 saturated heterocycles. The van der Waals surface area contributed by atoms with Crippen molar-refractivity contribution in [3.05, 3.63) is 90.3 Å². The van der Waals surface area contributed by atoms with Gasteiger partial charge in [-0.3, -0.25) is 4.79 Å². The van der Waals surface area contributed by atoms with Gasteiger partial charge in [-0.1, -0.05) is 37.3 Å². The van der Waals surface area contributed by atoms with E-state index in [0.717, 1.165) is 11.3 Å². The van der Waals surface area contributed by atoms with Gasteiger partial charge in [-0.15, -0.1) is 0 Å². The van der Waals surface area contributed by atoms with Gasteiger partial charge in [-0.2, -0.15) is 0 Å². The second kappa shape index (κ2) is 9.04. The Kier molecular flexibility index (Phi) is 6.27. The maximum absolute atomic E-state index is 12.3.